The van der Waals surface area contributed by atoms with Crippen LogP contribution in [-0.2, 0) is 4.79 Å². The van der Waals surface area contributed by atoms with Crippen LogP contribution in [0.3, 0.4) is 0 Å². The van der Waals surface area contributed by atoms with E-state index in [1.807, 2.05) is 6.07 Å². The summed E-state index contributed by atoms with van der Waals surface area (Å²) in [5.41, 5.74) is 11.7. The molecule has 2 rings (SSSR count). The number of hydrogen-bond acceptors (Lipinski definition) is 7. The predicted octanol–water partition coefficient (Wildman–Crippen LogP) is -0.219. The lowest BCUT2D eigenvalue weighted by Gasteiger charge is -2.36. The lowest BCUT2D eigenvalue weighted by molar-refractivity contribution is -0.108. The second kappa shape index (κ2) is 7.73. The number of nitrogens with two attached hydrogens (primary N) is 2. The fourth-order valence-electron chi connectivity index (χ4n) is 2.79. The van der Waals surface area contributed by atoms with Gasteiger partial charge in [-0.1, -0.05) is 0 Å². The smallest absolute Gasteiger partial charge is 0.407 e. The Hall–Kier alpha value is -2.42. The fourth-order valence-corrected chi connectivity index (χ4v) is 2.79. The molecule has 9 nitrogen and oxygen atoms in total. The Kier molecular flexibility index (Phi) is 5.69. The van der Waals surface area contributed by atoms with E-state index < -0.39 is 6.09 Å². The summed E-state index contributed by atoms with van der Waals surface area (Å²) < 4.78 is 0. The molecule has 0 bridgehead atoms. The van der Waals surface area contributed by atoms with Gasteiger partial charge in [-0.15, -0.1) is 10.2 Å². The van der Waals surface area contributed by atoms with Gasteiger partial charge in [-0.25, -0.2) is 4.79 Å². The lowest BCUT2D eigenvalue weighted by Crippen LogP contribution is -2.48. The van der Waals surface area contributed by atoms with Crippen LogP contribution >= 0.6 is 0 Å². The summed E-state index contributed by atoms with van der Waals surface area (Å²) in [5.74, 6) is 1.37. The molecular weight excluding hydrogens is 300 g/mol. The molecule has 9 heteroatoms. The fraction of sp³-hybridized carbons (Fsp3) is 0.571. The van der Waals surface area contributed by atoms with E-state index in [-0.39, 0.29) is 25.0 Å². The van der Waals surface area contributed by atoms with Crippen molar-refractivity contribution in [3.05, 3.63) is 12.1 Å². The van der Waals surface area contributed by atoms with Crippen molar-refractivity contribution in [2.24, 2.45) is 11.7 Å². The Bertz CT molecular complexity index is 530. The molecule has 1 unspecified atom stereocenters. The number of nitrogen functional groups attached to an aromatic ring is 1. The Labute approximate surface area is 134 Å². The van der Waals surface area contributed by atoms with Crippen LogP contribution in [0.5, 0.6) is 0 Å². The highest BCUT2D eigenvalue weighted by atomic mass is 16.4. The Morgan fingerprint density at radius 2 is 2.13 bits per heavy atom. The molecule has 2 heterocycles. The summed E-state index contributed by atoms with van der Waals surface area (Å²) >= 11 is 0. The number of aromatic nitrogens is 2. The first-order valence-electron chi connectivity index (χ1n) is 7.52. The van der Waals surface area contributed by atoms with Crippen molar-refractivity contribution in [3.63, 3.8) is 0 Å². The van der Waals surface area contributed by atoms with E-state index in [0.29, 0.717) is 12.1 Å². The van der Waals surface area contributed by atoms with Crippen LogP contribution in [0.25, 0.3) is 0 Å². The molecule has 1 aliphatic heterocycles. The number of hydrogen-bond donors (Lipinski definition) is 3. The number of piperidine rings is 1. The van der Waals surface area contributed by atoms with Gasteiger partial charge in [-0.05, 0) is 30.9 Å². The SMILES string of the molecule is Nc1ccc(N2CCC(C(N)CN(CC=O)C(=O)O)CC2)nn1. The normalized spacial score (nSPS) is 16.8. The molecule has 0 spiro atoms. The highest BCUT2D eigenvalue weighted by molar-refractivity contribution is 5.69. The molecule has 0 radical (unpaired) electrons. The zero-order chi connectivity index (χ0) is 16.8. The molecular formula is C14H22N6O3. The van der Waals surface area contributed by atoms with Crippen LogP contribution in [0, 0.1) is 5.92 Å². The van der Waals surface area contributed by atoms with Crippen LogP contribution in [0.2, 0.25) is 0 Å². The van der Waals surface area contributed by atoms with Crippen molar-refractivity contribution in [3.8, 4) is 0 Å². The number of carbonyl (C=O) groups is 2. The largest absolute Gasteiger partial charge is 0.465 e. The average Bonchev–Trinajstić information content (AvgIpc) is 2.55. The molecule has 1 aromatic heterocycles. The van der Waals surface area contributed by atoms with E-state index in [2.05, 4.69) is 15.1 Å². The van der Waals surface area contributed by atoms with Crippen LogP contribution in [0.4, 0.5) is 16.4 Å². The van der Waals surface area contributed by atoms with Gasteiger partial charge in [0, 0.05) is 25.7 Å². The first-order valence-corrected chi connectivity index (χ1v) is 7.52. The van der Waals surface area contributed by atoms with Crippen LogP contribution in [0.15, 0.2) is 12.1 Å². The highest BCUT2D eigenvalue weighted by Crippen LogP contribution is 2.23. The third-order valence-corrected chi connectivity index (χ3v) is 4.14. The maximum absolute atomic E-state index is 11.1. The van der Waals surface area contributed by atoms with Crippen LogP contribution in [-0.4, -0.2) is 64.8 Å². The van der Waals surface area contributed by atoms with Gasteiger partial charge in [0.05, 0.1) is 6.54 Å². The molecule has 1 saturated heterocycles. The minimum atomic E-state index is -1.12. The lowest BCUT2D eigenvalue weighted by atomic mass is 9.89. The highest BCUT2D eigenvalue weighted by Gasteiger charge is 2.27. The molecule has 1 aliphatic rings. The molecule has 1 fully saturated rings. The number of amides is 1. The van der Waals surface area contributed by atoms with Gasteiger partial charge in [-0.3, -0.25) is 4.90 Å². The van der Waals surface area contributed by atoms with Gasteiger partial charge in [0.15, 0.2) is 5.82 Å². The third kappa shape index (κ3) is 4.52. The van der Waals surface area contributed by atoms with Crippen molar-refractivity contribution < 1.29 is 14.7 Å². The number of nitrogens with zero attached hydrogens (tertiary/aromatic N) is 4. The molecule has 0 saturated carbocycles. The second-order valence-electron chi connectivity index (χ2n) is 5.66. The van der Waals surface area contributed by atoms with Crippen molar-refractivity contribution in [1.82, 2.24) is 15.1 Å². The summed E-state index contributed by atoms with van der Waals surface area (Å²) in [6.45, 7) is 1.57. The van der Waals surface area contributed by atoms with Crippen molar-refractivity contribution in [1.29, 1.82) is 0 Å². The standard InChI is InChI=1S/C14H22N6O3/c15-11(9-20(7-8-21)14(22)23)10-3-5-19(6-4-10)13-2-1-12(16)17-18-13/h1-2,8,10-11H,3-7,9,15H2,(H2,16,17)(H,22,23). The number of rotatable bonds is 6. The number of anilines is 2. The van der Waals surface area contributed by atoms with Gasteiger partial charge in [0.2, 0.25) is 0 Å². The van der Waals surface area contributed by atoms with Gasteiger partial charge in [0.25, 0.3) is 0 Å². The topological polar surface area (TPSA) is 139 Å². The van der Waals surface area contributed by atoms with E-state index >= 15 is 0 Å². The quantitative estimate of drug-likeness (QED) is 0.611. The molecule has 126 valence electrons. The maximum atomic E-state index is 11.1. The Balaban J connectivity index is 1.86. The van der Waals surface area contributed by atoms with Gasteiger partial charge in [0.1, 0.15) is 12.1 Å². The van der Waals surface area contributed by atoms with Crippen molar-refractivity contribution in [2.45, 2.75) is 18.9 Å². The van der Waals surface area contributed by atoms with Gasteiger partial charge < -0.3 is 26.3 Å². The van der Waals surface area contributed by atoms with Crippen molar-refractivity contribution >= 4 is 24.0 Å². The molecule has 5 N–H and O–H groups in total. The Morgan fingerprint density at radius 1 is 1.43 bits per heavy atom. The summed E-state index contributed by atoms with van der Waals surface area (Å²) in [4.78, 5) is 24.7. The molecule has 0 aliphatic carbocycles. The molecule has 0 aromatic carbocycles. The van der Waals surface area contributed by atoms with E-state index in [1.54, 1.807) is 6.07 Å². The minimum Gasteiger partial charge on any atom is -0.465 e. The van der Waals surface area contributed by atoms with Crippen LogP contribution in [0.1, 0.15) is 12.8 Å². The van der Waals surface area contributed by atoms with E-state index in [9.17, 15) is 9.59 Å². The molecule has 1 aromatic rings. The number of carboxylic acid groups (broad SMARTS) is 1. The number of carbonyl (C=O) groups excluding carboxylic acids is 1. The van der Waals surface area contributed by atoms with E-state index in [4.69, 9.17) is 16.6 Å². The summed E-state index contributed by atoms with van der Waals surface area (Å²) in [5, 5.41) is 16.9. The summed E-state index contributed by atoms with van der Waals surface area (Å²) in [6, 6.07) is 3.26. The predicted molar refractivity (Wildman–Crippen MR) is 85.0 cm³/mol. The first-order chi connectivity index (χ1) is 11.0. The van der Waals surface area contributed by atoms with E-state index in [1.165, 1.54) is 0 Å². The monoisotopic (exact) mass is 322 g/mol. The maximum Gasteiger partial charge on any atom is 0.407 e. The molecule has 1 atom stereocenters. The zero-order valence-corrected chi connectivity index (χ0v) is 12.8. The summed E-state index contributed by atoms with van der Waals surface area (Å²) in [6.07, 6.45) is 1.12. The molecule has 1 amide bonds. The average molecular weight is 322 g/mol. The van der Waals surface area contributed by atoms with Crippen LogP contribution < -0.4 is 16.4 Å². The second-order valence-corrected chi connectivity index (χ2v) is 5.66. The van der Waals surface area contributed by atoms with Crippen molar-refractivity contribution in [2.75, 3.05) is 36.8 Å². The number of aldehydes is 1. The third-order valence-electron chi connectivity index (χ3n) is 4.14. The zero-order valence-electron chi connectivity index (χ0n) is 12.8. The first kappa shape index (κ1) is 16.9. The van der Waals surface area contributed by atoms with Gasteiger partial charge >= 0.3 is 6.09 Å². The molecule has 23 heavy (non-hydrogen) atoms. The van der Waals surface area contributed by atoms with E-state index in [0.717, 1.165) is 36.6 Å². The Morgan fingerprint density at radius 3 is 2.65 bits per heavy atom. The van der Waals surface area contributed by atoms with Gasteiger partial charge in [-0.2, -0.15) is 0 Å². The minimum absolute atomic E-state index is 0.150. The summed E-state index contributed by atoms with van der Waals surface area (Å²) in [7, 11) is 0.